The van der Waals surface area contributed by atoms with Gasteiger partial charge < -0.3 is 10.5 Å². The fourth-order valence-corrected chi connectivity index (χ4v) is 4.57. The maximum absolute atomic E-state index is 12.9. The van der Waals surface area contributed by atoms with Crippen LogP contribution in [0.2, 0.25) is 0 Å². The third-order valence-corrected chi connectivity index (χ3v) is 5.76. The zero-order chi connectivity index (χ0) is 20.8. The van der Waals surface area contributed by atoms with Crippen LogP contribution in [0.5, 0.6) is 5.75 Å². The minimum atomic E-state index is -2.87. The number of aryl methyl sites for hydroxylation is 2. The van der Waals surface area contributed by atoms with Crippen molar-refractivity contribution < 1.29 is 13.5 Å². The smallest absolute Gasteiger partial charge is 0.387 e. The van der Waals surface area contributed by atoms with Gasteiger partial charge in [0.05, 0.1) is 11.2 Å². The first kappa shape index (κ1) is 19.9. The zero-order valence-electron chi connectivity index (χ0n) is 15.9. The predicted molar refractivity (Wildman–Crippen MR) is 111 cm³/mol. The summed E-state index contributed by atoms with van der Waals surface area (Å²) in [4.78, 5) is 4.49. The molecule has 0 amide bonds. The topological polar surface area (TPSA) is 60.2 Å². The number of nitrogens with zero attached hydrogens (tertiary/aromatic N) is 1. The van der Waals surface area contributed by atoms with Crippen LogP contribution in [0.15, 0.2) is 59.2 Å². The van der Waals surface area contributed by atoms with Crippen molar-refractivity contribution in [3.05, 3.63) is 92.7 Å². The molecule has 4 nitrogen and oxygen atoms in total. The van der Waals surface area contributed by atoms with Crippen LogP contribution in [0.1, 0.15) is 39.7 Å². The minimum Gasteiger partial charge on any atom is -0.434 e. The molecule has 0 radical (unpaired) electrons. The molecule has 0 saturated carbocycles. The molecule has 29 heavy (non-hydrogen) atoms. The number of pyridine rings is 1. The van der Waals surface area contributed by atoms with E-state index in [-0.39, 0.29) is 5.75 Å². The van der Waals surface area contributed by atoms with Gasteiger partial charge in [-0.3, -0.25) is 10.3 Å². The summed E-state index contributed by atoms with van der Waals surface area (Å²) >= 11 is 3.55. The van der Waals surface area contributed by atoms with Crippen LogP contribution in [-0.4, -0.2) is 11.6 Å². The Labute approximate surface area is 176 Å². The largest absolute Gasteiger partial charge is 0.434 e. The number of alkyl halides is 2. The van der Waals surface area contributed by atoms with Crippen LogP contribution in [0.25, 0.3) is 0 Å². The molecule has 1 aliphatic rings. The summed E-state index contributed by atoms with van der Waals surface area (Å²) in [6, 6.07) is 15.6. The number of rotatable bonds is 4. The summed E-state index contributed by atoms with van der Waals surface area (Å²) in [6.45, 7) is 0.657. The zero-order valence-corrected chi connectivity index (χ0v) is 17.5. The highest BCUT2D eigenvalue weighted by Crippen LogP contribution is 2.46. The maximum atomic E-state index is 12.9. The van der Waals surface area contributed by atoms with Crippen molar-refractivity contribution in [3.8, 4) is 5.75 Å². The van der Waals surface area contributed by atoms with Crippen molar-refractivity contribution >= 4 is 15.9 Å². The Morgan fingerprint density at radius 1 is 1.10 bits per heavy atom. The Bertz CT molecular complexity index is 1050. The van der Waals surface area contributed by atoms with Crippen molar-refractivity contribution in [3.63, 3.8) is 0 Å². The molecule has 2 unspecified atom stereocenters. The average Bonchev–Trinajstić information content (AvgIpc) is 2.98. The van der Waals surface area contributed by atoms with Crippen molar-refractivity contribution in [1.29, 1.82) is 0 Å². The van der Waals surface area contributed by atoms with Crippen molar-refractivity contribution in [2.45, 2.75) is 32.2 Å². The summed E-state index contributed by atoms with van der Waals surface area (Å²) in [6.07, 6.45) is 1.25. The first-order valence-corrected chi connectivity index (χ1v) is 9.93. The molecule has 2 aromatic carbocycles. The van der Waals surface area contributed by atoms with E-state index in [0.717, 1.165) is 26.9 Å². The number of hydrogen-bond donors (Lipinski definition) is 2. The van der Waals surface area contributed by atoms with E-state index < -0.39 is 18.3 Å². The van der Waals surface area contributed by atoms with Gasteiger partial charge >= 0.3 is 6.61 Å². The van der Waals surface area contributed by atoms with Crippen molar-refractivity contribution in [1.82, 2.24) is 10.3 Å². The first-order valence-electron chi connectivity index (χ1n) is 9.14. The molecule has 4 rings (SSSR count). The van der Waals surface area contributed by atoms with Gasteiger partial charge in [-0.2, -0.15) is 8.78 Å². The molecule has 0 saturated heterocycles. The molecular weight excluding hydrogens is 440 g/mol. The molecule has 150 valence electrons. The van der Waals surface area contributed by atoms with E-state index >= 15 is 0 Å². The third-order valence-electron chi connectivity index (χ3n) is 5.27. The molecular formula is C22H20BrF2N3O. The number of hydrogen-bond acceptors (Lipinski definition) is 4. The SMILES string of the molecule is Cc1cc(C2(c3cccc(Br)c3)NC(N)c3ncccc32)cc(C)c1OC(F)F. The Morgan fingerprint density at radius 3 is 2.48 bits per heavy atom. The number of nitrogens with two attached hydrogens (primary N) is 1. The lowest BCUT2D eigenvalue weighted by molar-refractivity contribution is -0.0507. The molecule has 0 bridgehead atoms. The van der Waals surface area contributed by atoms with Crippen LogP contribution in [-0.2, 0) is 5.54 Å². The average molecular weight is 460 g/mol. The van der Waals surface area contributed by atoms with E-state index in [1.807, 2.05) is 48.5 Å². The van der Waals surface area contributed by atoms with Gasteiger partial charge in [-0.15, -0.1) is 0 Å². The molecule has 7 heteroatoms. The number of halogens is 3. The molecule has 2 heterocycles. The van der Waals surface area contributed by atoms with E-state index in [0.29, 0.717) is 11.1 Å². The van der Waals surface area contributed by atoms with Crippen LogP contribution in [0.3, 0.4) is 0 Å². The van der Waals surface area contributed by atoms with Gasteiger partial charge in [0.1, 0.15) is 11.9 Å². The Morgan fingerprint density at radius 2 is 1.83 bits per heavy atom. The lowest BCUT2D eigenvalue weighted by Gasteiger charge is -2.34. The number of aromatic nitrogens is 1. The molecule has 1 aliphatic heterocycles. The number of nitrogens with one attached hydrogen (secondary N) is 1. The predicted octanol–water partition coefficient (Wildman–Crippen LogP) is 4.91. The van der Waals surface area contributed by atoms with Crippen LogP contribution < -0.4 is 15.8 Å². The third kappa shape index (κ3) is 3.33. The summed E-state index contributed by atoms with van der Waals surface area (Å²) in [5, 5.41) is 3.51. The minimum absolute atomic E-state index is 0.196. The molecule has 2 atom stereocenters. The lowest BCUT2D eigenvalue weighted by Crippen LogP contribution is -2.42. The summed E-state index contributed by atoms with van der Waals surface area (Å²) in [7, 11) is 0. The van der Waals surface area contributed by atoms with Gasteiger partial charge in [0.2, 0.25) is 0 Å². The maximum Gasteiger partial charge on any atom is 0.387 e. The fraction of sp³-hybridized carbons (Fsp3) is 0.227. The van der Waals surface area contributed by atoms with Gasteiger partial charge in [-0.25, -0.2) is 0 Å². The van der Waals surface area contributed by atoms with Gasteiger partial charge in [0.15, 0.2) is 0 Å². The van der Waals surface area contributed by atoms with Crippen LogP contribution in [0.4, 0.5) is 8.78 Å². The lowest BCUT2D eigenvalue weighted by atomic mass is 9.77. The molecule has 0 fully saturated rings. The Balaban J connectivity index is 1.99. The first-order chi connectivity index (χ1) is 13.8. The van der Waals surface area contributed by atoms with E-state index in [1.54, 1.807) is 20.0 Å². The molecule has 1 aromatic heterocycles. The highest BCUT2D eigenvalue weighted by Gasteiger charge is 2.46. The quantitative estimate of drug-likeness (QED) is 0.581. The Hall–Kier alpha value is -2.35. The summed E-state index contributed by atoms with van der Waals surface area (Å²) in [5.41, 5.74) is 10.4. The van der Waals surface area contributed by atoms with Gasteiger partial charge in [-0.1, -0.05) is 34.1 Å². The second kappa shape index (κ2) is 7.48. The highest BCUT2D eigenvalue weighted by molar-refractivity contribution is 9.10. The number of benzene rings is 2. The number of fused-ring (bicyclic) bond motifs is 1. The van der Waals surface area contributed by atoms with Gasteiger partial charge in [0, 0.05) is 16.2 Å². The molecule has 3 aromatic rings. The summed E-state index contributed by atoms with van der Waals surface area (Å²) in [5.74, 6) is 0.196. The molecule has 0 aliphatic carbocycles. The second-order valence-corrected chi connectivity index (χ2v) is 8.05. The highest BCUT2D eigenvalue weighted by atomic mass is 79.9. The van der Waals surface area contributed by atoms with E-state index in [1.165, 1.54) is 0 Å². The van der Waals surface area contributed by atoms with Gasteiger partial charge in [0.25, 0.3) is 0 Å². The summed E-state index contributed by atoms with van der Waals surface area (Å²) < 4.78 is 31.4. The normalized spacial score (nSPS) is 20.7. The second-order valence-electron chi connectivity index (χ2n) is 7.14. The monoisotopic (exact) mass is 459 g/mol. The molecule has 0 spiro atoms. The van der Waals surface area contributed by atoms with Crippen molar-refractivity contribution in [2.75, 3.05) is 0 Å². The molecule has 3 N–H and O–H groups in total. The van der Waals surface area contributed by atoms with E-state index in [9.17, 15) is 8.78 Å². The van der Waals surface area contributed by atoms with Crippen LogP contribution in [0, 0.1) is 13.8 Å². The van der Waals surface area contributed by atoms with Crippen LogP contribution >= 0.6 is 15.9 Å². The van der Waals surface area contributed by atoms with E-state index in [4.69, 9.17) is 10.5 Å². The van der Waals surface area contributed by atoms with Crippen molar-refractivity contribution in [2.24, 2.45) is 5.73 Å². The standard InChI is InChI=1S/C22H20BrF2N3O/c1-12-9-15(10-13(2)19(12)29-21(24)25)22(14-5-3-6-16(23)11-14)17-7-4-8-27-18(17)20(26)28-22/h3-11,20-21,28H,26H2,1-2H3. The van der Waals surface area contributed by atoms with E-state index in [2.05, 4.69) is 26.2 Å². The Kier molecular flexibility index (Phi) is 5.14. The fourth-order valence-electron chi connectivity index (χ4n) is 4.17. The number of ether oxygens (including phenoxy) is 1. The van der Waals surface area contributed by atoms with Gasteiger partial charge in [-0.05, 0) is 66.4 Å².